The van der Waals surface area contributed by atoms with E-state index in [1.165, 1.54) is 6.07 Å². The van der Waals surface area contributed by atoms with Crippen molar-refractivity contribution in [2.75, 3.05) is 5.88 Å². The molecule has 0 aliphatic rings. The molecule has 1 atom stereocenters. The van der Waals surface area contributed by atoms with Crippen molar-refractivity contribution in [3.05, 3.63) is 52.6 Å². The van der Waals surface area contributed by atoms with Gasteiger partial charge in [0.25, 0.3) is 5.69 Å². The second kappa shape index (κ2) is 5.35. The summed E-state index contributed by atoms with van der Waals surface area (Å²) in [7, 11) is 0. The quantitative estimate of drug-likeness (QED) is 0.457. The van der Waals surface area contributed by atoms with Gasteiger partial charge in [0, 0.05) is 33.9 Å². The fourth-order valence-corrected chi connectivity index (χ4v) is 2.71. The van der Waals surface area contributed by atoms with Crippen molar-refractivity contribution in [1.82, 2.24) is 4.57 Å². The van der Waals surface area contributed by atoms with Crippen LogP contribution in [0.15, 0.2) is 42.5 Å². The highest BCUT2D eigenvalue weighted by Crippen LogP contribution is 2.31. The van der Waals surface area contributed by atoms with Gasteiger partial charge >= 0.3 is 0 Å². The van der Waals surface area contributed by atoms with E-state index in [4.69, 9.17) is 11.6 Å². The van der Waals surface area contributed by atoms with E-state index < -0.39 is 11.0 Å². The highest BCUT2D eigenvalue weighted by Gasteiger charge is 2.16. The lowest BCUT2D eigenvalue weighted by molar-refractivity contribution is -0.384. The molecule has 0 saturated heterocycles. The van der Waals surface area contributed by atoms with Crippen molar-refractivity contribution in [2.45, 2.75) is 12.6 Å². The number of aliphatic hydroxyl groups excluding tert-OH is 1. The van der Waals surface area contributed by atoms with Crippen molar-refractivity contribution in [3.8, 4) is 0 Å². The average molecular weight is 305 g/mol. The smallest absolute Gasteiger partial charge is 0.270 e. The Morgan fingerprint density at radius 3 is 2.62 bits per heavy atom. The Balaban J connectivity index is 2.31. The number of non-ortho nitro benzene ring substituents is 1. The van der Waals surface area contributed by atoms with Gasteiger partial charge in [-0.1, -0.05) is 18.2 Å². The number of alkyl halides is 1. The molecule has 0 bridgehead atoms. The molecule has 0 fully saturated rings. The maximum atomic E-state index is 11.0. The molecule has 21 heavy (non-hydrogen) atoms. The van der Waals surface area contributed by atoms with Crippen LogP contribution in [0.2, 0.25) is 0 Å². The fraction of sp³-hybridized carbons (Fsp3) is 0.200. The van der Waals surface area contributed by atoms with E-state index in [1.807, 2.05) is 28.8 Å². The molecular weight excluding hydrogens is 292 g/mol. The lowest BCUT2D eigenvalue weighted by Crippen LogP contribution is -2.17. The molecule has 3 aromatic rings. The predicted molar refractivity (Wildman–Crippen MR) is 82.8 cm³/mol. The Morgan fingerprint density at radius 1 is 1.19 bits per heavy atom. The number of nitro benzene ring substituents is 1. The number of halogens is 1. The van der Waals surface area contributed by atoms with Gasteiger partial charge in [0.15, 0.2) is 0 Å². The molecule has 108 valence electrons. The van der Waals surface area contributed by atoms with Gasteiger partial charge in [0.2, 0.25) is 0 Å². The van der Waals surface area contributed by atoms with Gasteiger partial charge in [-0.05, 0) is 12.1 Å². The first-order valence-corrected chi connectivity index (χ1v) is 7.04. The lowest BCUT2D eigenvalue weighted by atomic mass is 10.1. The second-order valence-corrected chi connectivity index (χ2v) is 5.20. The summed E-state index contributed by atoms with van der Waals surface area (Å²) in [5, 5.41) is 22.5. The molecule has 0 aliphatic heterocycles. The third-order valence-corrected chi connectivity index (χ3v) is 3.89. The first kappa shape index (κ1) is 13.9. The van der Waals surface area contributed by atoms with Gasteiger partial charge in [-0.3, -0.25) is 10.1 Å². The molecule has 1 N–H and O–H groups in total. The molecule has 0 aliphatic carbocycles. The monoisotopic (exact) mass is 304 g/mol. The maximum absolute atomic E-state index is 11.0. The third-order valence-electron chi connectivity index (χ3n) is 3.54. The van der Waals surface area contributed by atoms with Crippen LogP contribution in [0.3, 0.4) is 0 Å². The summed E-state index contributed by atoms with van der Waals surface area (Å²) in [6.45, 7) is 0.353. The predicted octanol–water partition coefficient (Wildman–Crippen LogP) is 3.30. The Morgan fingerprint density at radius 2 is 1.90 bits per heavy atom. The highest BCUT2D eigenvalue weighted by molar-refractivity contribution is 6.18. The first-order valence-electron chi connectivity index (χ1n) is 6.51. The zero-order valence-corrected chi connectivity index (χ0v) is 11.8. The minimum atomic E-state index is -0.666. The van der Waals surface area contributed by atoms with E-state index in [-0.39, 0.29) is 11.6 Å². The average Bonchev–Trinajstić information content (AvgIpc) is 2.81. The molecular formula is C15H13ClN2O3. The summed E-state index contributed by atoms with van der Waals surface area (Å²) in [5.41, 5.74) is 1.84. The molecule has 0 saturated carbocycles. The van der Waals surface area contributed by atoms with Crippen LogP contribution < -0.4 is 0 Å². The van der Waals surface area contributed by atoms with Crippen LogP contribution >= 0.6 is 11.6 Å². The maximum Gasteiger partial charge on any atom is 0.270 e. The molecule has 1 heterocycles. The Hall–Kier alpha value is -2.11. The van der Waals surface area contributed by atoms with Crippen LogP contribution in [-0.2, 0) is 6.54 Å². The van der Waals surface area contributed by atoms with E-state index in [1.54, 1.807) is 12.1 Å². The standard InChI is InChI=1S/C15H13ClN2O3/c16-8-11(19)9-17-14-4-2-1-3-12(14)13-7-10(18(20)21)5-6-15(13)17/h1-7,11,19H,8-9H2/t11-/m0/s1. The molecule has 1 aromatic heterocycles. The van der Waals surface area contributed by atoms with Gasteiger partial charge < -0.3 is 9.67 Å². The topological polar surface area (TPSA) is 68.3 Å². The summed E-state index contributed by atoms with van der Waals surface area (Å²) in [5.74, 6) is 0.140. The minimum absolute atomic E-state index is 0.0586. The van der Waals surface area contributed by atoms with Crippen molar-refractivity contribution < 1.29 is 10.0 Å². The SMILES string of the molecule is O=[N+]([O-])c1ccc2c(c1)c1ccccc1n2C[C@@H](O)CCl. The van der Waals surface area contributed by atoms with E-state index in [9.17, 15) is 15.2 Å². The number of aromatic nitrogens is 1. The molecule has 0 unspecified atom stereocenters. The number of aliphatic hydroxyl groups is 1. The fourth-order valence-electron chi connectivity index (χ4n) is 2.61. The van der Waals surface area contributed by atoms with Crippen LogP contribution in [0.1, 0.15) is 0 Å². The lowest BCUT2D eigenvalue weighted by Gasteiger charge is -2.11. The van der Waals surface area contributed by atoms with Crippen molar-refractivity contribution in [3.63, 3.8) is 0 Å². The molecule has 3 rings (SSSR count). The van der Waals surface area contributed by atoms with Crippen LogP contribution in [0, 0.1) is 10.1 Å². The van der Waals surface area contributed by atoms with Gasteiger partial charge in [-0.25, -0.2) is 0 Å². The van der Waals surface area contributed by atoms with E-state index in [0.29, 0.717) is 6.54 Å². The number of rotatable bonds is 4. The zero-order valence-electron chi connectivity index (χ0n) is 11.1. The summed E-state index contributed by atoms with van der Waals surface area (Å²) >= 11 is 5.69. The third kappa shape index (κ3) is 2.34. The molecule has 0 radical (unpaired) electrons. The van der Waals surface area contributed by atoms with Gasteiger partial charge in [-0.2, -0.15) is 0 Å². The van der Waals surface area contributed by atoms with Gasteiger partial charge in [-0.15, -0.1) is 11.6 Å². The summed E-state index contributed by atoms with van der Waals surface area (Å²) in [4.78, 5) is 10.5. The second-order valence-electron chi connectivity index (χ2n) is 4.89. The van der Waals surface area contributed by atoms with Gasteiger partial charge in [0.1, 0.15) is 0 Å². The summed E-state index contributed by atoms with van der Waals surface area (Å²) in [6, 6.07) is 12.4. The Labute approximate surface area is 125 Å². The number of nitro groups is 1. The van der Waals surface area contributed by atoms with E-state index in [0.717, 1.165) is 21.8 Å². The van der Waals surface area contributed by atoms with E-state index >= 15 is 0 Å². The number of benzene rings is 2. The number of hydrogen-bond donors (Lipinski definition) is 1. The number of nitrogens with zero attached hydrogens (tertiary/aromatic N) is 2. The molecule has 0 amide bonds. The largest absolute Gasteiger partial charge is 0.390 e. The molecule has 5 nitrogen and oxygen atoms in total. The number of hydrogen-bond acceptors (Lipinski definition) is 3. The molecule has 2 aromatic carbocycles. The van der Waals surface area contributed by atoms with Crippen LogP contribution in [-0.4, -0.2) is 26.6 Å². The summed E-state index contributed by atoms with van der Waals surface area (Å²) in [6.07, 6.45) is -0.666. The van der Waals surface area contributed by atoms with Crippen molar-refractivity contribution >= 4 is 39.1 Å². The van der Waals surface area contributed by atoms with Crippen LogP contribution in [0.5, 0.6) is 0 Å². The van der Waals surface area contributed by atoms with Crippen molar-refractivity contribution in [2.24, 2.45) is 0 Å². The Bertz CT molecular complexity index is 828. The summed E-state index contributed by atoms with van der Waals surface area (Å²) < 4.78 is 1.95. The number of para-hydroxylation sites is 1. The normalized spacial score (nSPS) is 12.9. The van der Waals surface area contributed by atoms with E-state index in [2.05, 4.69) is 0 Å². The van der Waals surface area contributed by atoms with Crippen LogP contribution in [0.4, 0.5) is 5.69 Å². The van der Waals surface area contributed by atoms with Crippen LogP contribution in [0.25, 0.3) is 21.8 Å². The minimum Gasteiger partial charge on any atom is -0.390 e. The first-order chi connectivity index (χ1) is 10.1. The Kier molecular flexibility index (Phi) is 3.53. The zero-order chi connectivity index (χ0) is 15.0. The highest BCUT2D eigenvalue weighted by atomic mass is 35.5. The molecule has 0 spiro atoms. The van der Waals surface area contributed by atoms with Gasteiger partial charge in [0.05, 0.1) is 23.5 Å². The van der Waals surface area contributed by atoms with Crippen molar-refractivity contribution in [1.29, 1.82) is 0 Å². The molecule has 6 heteroatoms. The number of fused-ring (bicyclic) bond motifs is 3.